The number of hydrogen-bond donors (Lipinski definition) is 1. The average Bonchev–Trinajstić information content (AvgIpc) is 2.73. The summed E-state index contributed by atoms with van der Waals surface area (Å²) in [4.78, 5) is 0. The Hall–Kier alpha value is -2.13. The lowest BCUT2D eigenvalue weighted by molar-refractivity contribution is 0.208. The van der Waals surface area contributed by atoms with Crippen molar-refractivity contribution in [2.24, 2.45) is 0 Å². The van der Waals surface area contributed by atoms with Crippen LogP contribution < -0.4 is 5.30 Å². The summed E-state index contributed by atoms with van der Waals surface area (Å²) in [5, 5.41) is 13.2. The molecule has 0 aliphatic rings. The summed E-state index contributed by atoms with van der Waals surface area (Å²) < 4.78 is 24.7. The lowest BCUT2D eigenvalue weighted by Gasteiger charge is -2.20. The fourth-order valence-corrected chi connectivity index (χ4v) is 4.83. The molecule has 5 heteroatoms. The van der Waals surface area contributed by atoms with Gasteiger partial charge in [-0.15, -0.1) is 0 Å². The highest BCUT2D eigenvalue weighted by Gasteiger charge is 2.31. The molecule has 0 bridgehead atoms. The molecule has 1 N–H and O–H groups in total. The molecular weight excluding hydrogens is 383 g/mol. The normalized spacial score (nSPS) is 11.8. The summed E-state index contributed by atoms with van der Waals surface area (Å²) in [6, 6.07) is 19.5. The Morgan fingerprint density at radius 3 is 2.00 bits per heavy atom. The van der Waals surface area contributed by atoms with Crippen LogP contribution in [0.25, 0.3) is 21.9 Å². The molecule has 0 fully saturated rings. The van der Waals surface area contributed by atoms with Crippen molar-refractivity contribution in [3.63, 3.8) is 0 Å². The maximum Gasteiger partial charge on any atom is 0.365 e. The van der Waals surface area contributed by atoms with E-state index in [1.165, 1.54) is 0 Å². The molecule has 0 saturated heterocycles. The van der Waals surface area contributed by atoms with Gasteiger partial charge in [0, 0.05) is 0 Å². The zero-order valence-corrected chi connectivity index (χ0v) is 18.0. The van der Waals surface area contributed by atoms with Gasteiger partial charge < -0.3 is 14.2 Å². The average molecular weight is 412 g/mol. The van der Waals surface area contributed by atoms with E-state index in [0.717, 1.165) is 47.6 Å². The van der Waals surface area contributed by atoms with E-state index in [-0.39, 0.29) is 11.1 Å². The molecule has 0 radical (unpaired) electrons. The first kappa shape index (κ1) is 21.6. The second-order valence-corrected chi connectivity index (χ2v) is 9.13. The topological polar surface area (TPSA) is 55.8 Å². The van der Waals surface area contributed by atoms with Gasteiger partial charge in [0.05, 0.1) is 13.2 Å². The molecule has 4 nitrogen and oxygen atoms in total. The Morgan fingerprint density at radius 1 is 0.793 bits per heavy atom. The van der Waals surface area contributed by atoms with Crippen LogP contribution in [-0.2, 0) is 13.6 Å². The van der Waals surface area contributed by atoms with E-state index >= 15 is 0 Å². The summed E-state index contributed by atoms with van der Waals surface area (Å²) in [6.45, 7) is 4.77. The quantitative estimate of drug-likeness (QED) is 0.299. The number of rotatable bonds is 10. The number of fused-ring (bicyclic) bond motifs is 1. The second-order valence-electron chi connectivity index (χ2n) is 7.14. The van der Waals surface area contributed by atoms with Crippen LogP contribution in [0, 0.1) is 0 Å². The van der Waals surface area contributed by atoms with Crippen molar-refractivity contribution in [1.29, 1.82) is 0 Å². The summed E-state index contributed by atoms with van der Waals surface area (Å²) in [7, 11) is -3.57. The van der Waals surface area contributed by atoms with Crippen molar-refractivity contribution in [1.82, 2.24) is 0 Å². The molecule has 0 spiro atoms. The molecule has 0 atom stereocenters. The minimum absolute atomic E-state index is 0.0630. The molecule has 154 valence electrons. The first-order valence-corrected chi connectivity index (χ1v) is 11.8. The molecule has 29 heavy (non-hydrogen) atoms. The van der Waals surface area contributed by atoms with Crippen LogP contribution in [0.5, 0.6) is 5.75 Å². The largest absolute Gasteiger partial charge is 0.507 e. The Balaban J connectivity index is 1.91. The highest BCUT2D eigenvalue weighted by Crippen LogP contribution is 2.50. The summed E-state index contributed by atoms with van der Waals surface area (Å²) in [6.07, 6.45) is 3.44. The van der Waals surface area contributed by atoms with Gasteiger partial charge in [-0.2, -0.15) is 0 Å². The molecule has 0 amide bonds. The zero-order chi connectivity index (χ0) is 20.7. The SMILES string of the molecule is CCCCOP(=O)(OCCCC)c1ccc(-c2ccc3ccccc3c2)cc1O. The summed E-state index contributed by atoms with van der Waals surface area (Å²) in [5.41, 5.74) is 1.84. The van der Waals surface area contributed by atoms with Gasteiger partial charge in [-0.25, -0.2) is 0 Å². The first-order chi connectivity index (χ1) is 14.1. The van der Waals surface area contributed by atoms with Crippen LogP contribution in [0.15, 0.2) is 60.7 Å². The lowest BCUT2D eigenvalue weighted by Crippen LogP contribution is -2.12. The van der Waals surface area contributed by atoms with E-state index in [0.29, 0.717) is 13.2 Å². The Labute approximate surface area is 173 Å². The van der Waals surface area contributed by atoms with Crippen LogP contribution in [0.1, 0.15) is 39.5 Å². The van der Waals surface area contributed by atoms with Crippen molar-refractivity contribution in [2.75, 3.05) is 13.2 Å². The third kappa shape index (κ3) is 5.27. The zero-order valence-electron chi connectivity index (χ0n) is 17.1. The number of phenols is 1. The number of aromatic hydroxyl groups is 1. The number of unbranched alkanes of at least 4 members (excludes halogenated alkanes) is 2. The Kier molecular flexibility index (Phi) is 7.49. The van der Waals surface area contributed by atoms with Crippen molar-refractivity contribution in [2.45, 2.75) is 39.5 Å². The predicted molar refractivity (Wildman–Crippen MR) is 120 cm³/mol. The van der Waals surface area contributed by atoms with Gasteiger partial charge in [0.1, 0.15) is 11.1 Å². The highest BCUT2D eigenvalue weighted by atomic mass is 31.2. The number of benzene rings is 3. The van der Waals surface area contributed by atoms with Crippen LogP contribution in [0.4, 0.5) is 0 Å². The monoisotopic (exact) mass is 412 g/mol. The molecule has 0 aromatic heterocycles. The van der Waals surface area contributed by atoms with Crippen LogP contribution >= 0.6 is 7.60 Å². The van der Waals surface area contributed by atoms with Gasteiger partial charge >= 0.3 is 7.60 Å². The van der Waals surface area contributed by atoms with Gasteiger partial charge in [0.15, 0.2) is 0 Å². The minimum Gasteiger partial charge on any atom is -0.507 e. The summed E-state index contributed by atoms with van der Waals surface area (Å²) in [5.74, 6) is -0.0630. The Morgan fingerprint density at radius 2 is 1.38 bits per heavy atom. The number of hydrogen-bond acceptors (Lipinski definition) is 4. The number of phenolic OH excluding ortho intramolecular Hbond substituents is 1. The second kappa shape index (κ2) is 10.1. The molecule has 0 saturated carbocycles. The van der Waals surface area contributed by atoms with Crippen LogP contribution in [-0.4, -0.2) is 18.3 Å². The Bertz CT molecular complexity index is 985. The third-order valence-corrected chi connectivity index (χ3v) is 6.88. The fraction of sp³-hybridized carbons (Fsp3) is 0.333. The molecule has 3 aromatic carbocycles. The molecular formula is C24H29O4P. The maximum absolute atomic E-state index is 13.4. The smallest absolute Gasteiger partial charge is 0.365 e. The van der Waals surface area contributed by atoms with Gasteiger partial charge in [0.25, 0.3) is 0 Å². The van der Waals surface area contributed by atoms with E-state index < -0.39 is 7.60 Å². The highest BCUT2D eigenvalue weighted by molar-refractivity contribution is 7.62. The lowest BCUT2D eigenvalue weighted by atomic mass is 10.0. The maximum atomic E-state index is 13.4. The minimum atomic E-state index is -3.57. The predicted octanol–water partition coefficient (Wildman–Crippen LogP) is 6.66. The van der Waals surface area contributed by atoms with Crippen molar-refractivity contribution >= 4 is 23.7 Å². The van der Waals surface area contributed by atoms with E-state index in [2.05, 4.69) is 24.3 Å². The van der Waals surface area contributed by atoms with Crippen molar-refractivity contribution in [3.05, 3.63) is 60.7 Å². The van der Waals surface area contributed by atoms with Crippen molar-refractivity contribution < 1.29 is 18.7 Å². The van der Waals surface area contributed by atoms with E-state index in [4.69, 9.17) is 9.05 Å². The fourth-order valence-electron chi connectivity index (χ4n) is 3.14. The molecule has 0 heterocycles. The third-order valence-electron chi connectivity index (χ3n) is 4.87. The summed E-state index contributed by atoms with van der Waals surface area (Å²) >= 11 is 0. The van der Waals surface area contributed by atoms with Gasteiger partial charge in [-0.1, -0.05) is 69.2 Å². The first-order valence-electron chi connectivity index (χ1n) is 10.3. The van der Waals surface area contributed by atoms with Crippen LogP contribution in [0.3, 0.4) is 0 Å². The molecule has 0 unspecified atom stereocenters. The molecule has 0 aliphatic heterocycles. The van der Waals surface area contributed by atoms with Gasteiger partial charge in [-0.05, 0) is 52.9 Å². The van der Waals surface area contributed by atoms with Crippen molar-refractivity contribution in [3.8, 4) is 16.9 Å². The standard InChI is InChI=1S/C24H29O4P/c1-3-5-15-27-29(26,28-16-6-4-2)24-14-13-22(18-23(24)25)21-12-11-19-9-7-8-10-20(19)17-21/h7-14,17-18,25H,3-6,15-16H2,1-2H3. The van der Waals surface area contributed by atoms with Gasteiger partial charge in [-0.3, -0.25) is 4.57 Å². The van der Waals surface area contributed by atoms with Gasteiger partial charge in [0.2, 0.25) is 0 Å². The van der Waals surface area contributed by atoms with E-state index in [9.17, 15) is 9.67 Å². The van der Waals surface area contributed by atoms with E-state index in [1.807, 2.05) is 38.1 Å². The molecule has 3 aromatic rings. The van der Waals surface area contributed by atoms with E-state index in [1.54, 1.807) is 12.1 Å². The molecule has 3 rings (SSSR count). The van der Waals surface area contributed by atoms with Crippen LogP contribution in [0.2, 0.25) is 0 Å². The molecule has 0 aliphatic carbocycles.